The van der Waals surface area contributed by atoms with Gasteiger partial charge in [-0.1, -0.05) is 70.2 Å². The van der Waals surface area contributed by atoms with Gasteiger partial charge in [0, 0.05) is 0 Å². The average Bonchev–Trinajstić information content (AvgIpc) is 2.78. The van der Waals surface area contributed by atoms with Gasteiger partial charge in [-0.2, -0.15) is 0 Å². The zero-order valence-electron chi connectivity index (χ0n) is 26.9. The van der Waals surface area contributed by atoms with Gasteiger partial charge in [0.2, 0.25) is 0 Å². The fourth-order valence-electron chi connectivity index (χ4n) is 3.37. The van der Waals surface area contributed by atoms with E-state index in [0.29, 0.717) is 0 Å². The van der Waals surface area contributed by atoms with Gasteiger partial charge in [0.15, 0.2) is 0 Å². The minimum Gasteiger partial charge on any atom is -0.488 e. The van der Waals surface area contributed by atoms with Crippen LogP contribution in [0.15, 0.2) is 78.9 Å². The molecule has 0 spiro atoms. The van der Waals surface area contributed by atoms with Crippen molar-refractivity contribution >= 4 is 0 Å². The Morgan fingerprint density at radius 3 is 1.08 bits per heavy atom. The highest BCUT2D eigenvalue weighted by atomic mass is 16.5. The largest absolute Gasteiger partial charge is 0.488 e. The van der Waals surface area contributed by atoms with Crippen LogP contribution in [0.25, 0.3) is 0 Å². The maximum atomic E-state index is 5.77. The summed E-state index contributed by atoms with van der Waals surface area (Å²) in [6, 6.07) is 26.5. The van der Waals surface area contributed by atoms with Gasteiger partial charge in [-0.3, -0.25) is 0 Å². The van der Waals surface area contributed by atoms with E-state index in [4.69, 9.17) is 14.2 Å². The molecule has 0 unspecified atom stereocenters. The molecule has 3 rings (SSSR count). The van der Waals surface area contributed by atoms with Crippen molar-refractivity contribution in [3.05, 3.63) is 90.0 Å². The lowest BCUT2D eigenvalue weighted by Crippen LogP contribution is -2.23. The summed E-state index contributed by atoms with van der Waals surface area (Å²) in [5, 5.41) is 0. The highest BCUT2D eigenvalue weighted by Gasteiger charge is 2.15. The first-order chi connectivity index (χ1) is 17.8. The zero-order valence-corrected chi connectivity index (χ0v) is 26.9. The van der Waals surface area contributed by atoms with Gasteiger partial charge >= 0.3 is 0 Å². The molecule has 0 atom stereocenters. The lowest BCUT2D eigenvalue weighted by atomic mass is 9.87. The van der Waals surface area contributed by atoms with E-state index in [2.05, 4.69) is 93.5 Å². The van der Waals surface area contributed by atoms with Crippen LogP contribution in [0.3, 0.4) is 0 Å². The van der Waals surface area contributed by atoms with Crippen LogP contribution in [0.5, 0.6) is 17.2 Å². The van der Waals surface area contributed by atoms with Gasteiger partial charge in [-0.05, 0) is 122 Å². The fraction of sp³-hybridized carbons (Fsp3) is 0.500. The third-order valence-corrected chi connectivity index (χ3v) is 5.07. The topological polar surface area (TPSA) is 27.7 Å². The Kier molecular flexibility index (Phi) is 12.6. The zero-order chi connectivity index (χ0) is 29.9. The fourth-order valence-corrected chi connectivity index (χ4v) is 3.37. The van der Waals surface area contributed by atoms with E-state index in [0.717, 1.165) is 23.7 Å². The molecule has 3 aromatic carbocycles. The van der Waals surface area contributed by atoms with Crippen LogP contribution < -0.4 is 14.2 Å². The summed E-state index contributed by atoms with van der Waals surface area (Å²) >= 11 is 0. The summed E-state index contributed by atoms with van der Waals surface area (Å²) in [5.74, 6) is 2.82. The molecule has 0 bridgehead atoms. The van der Waals surface area contributed by atoms with E-state index in [1.54, 1.807) is 0 Å². The first-order valence-corrected chi connectivity index (χ1v) is 14.1. The van der Waals surface area contributed by atoms with Gasteiger partial charge in [0.25, 0.3) is 0 Å². The van der Waals surface area contributed by atoms with Crippen LogP contribution in [-0.2, 0) is 11.8 Å². The first kappa shape index (κ1) is 34.1. The minimum absolute atomic E-state index is 0.0959. The Bertz CT molecular complexity index is 1050. The minimum atomic E-state index is -0.122. The standard InChI is InChI=1S/C14H22O.C12H18O.C10H14O/c1-13(2,3)11-7-9-12(10-8-11)15-14(4,5)6;1-5-10-6-8-11(9-7-10)13-12(2,3)4;1-10(2,3)11-9-7-5-4-6-8-9/h7-10H,1-6H3;6-9H,5H2,1-4H3;4-8H,1-3H3. The van der Waals surface area contributed by atoms with Crippen LogP contribution in [0, 0.1) is 0 Å². The van der Waals surface area contributed by atoms with E-state index in [9.17, 15) is 0 Å². The molecule has 3 aromatic rings. The van der Waals surface area contributed by atoms with Gasteiger partial charge in [-0.15, -0.1) is 0 Å². The number of rotatable bonds is 4. The Morgan fingerprint density at radius 1 is 0.436 bits per heavy atom. The van der Waals surface area contributed by atoms with Crippen molar-refractivity contribution in [3.8, 4) is 17.2 Å². The summed E-state index contributed by atoms with van der Waals surface area (Å²) in [6.07, 6.45) is 1.08. The van der Waals surface area contributed by atoms with Crippen molar-refractivity contribution in [1.82, 2.24) is 0 Å². The number of hydrogen-bond donors (Lipinski definition) is 0. The van der Waals surface area contributed by atoms with Crippen molar-refractivity contribution in [2.24, 2.45) is 0 Å². The third kappa shape index (κ3) is 16.6. The molecule has 0 radical (unpaired) electrons. The monoisotopic (exact) mass is 534 g/mol. The Balaban J connectivity index is 0.000000296. The van der Waals surface area contributed by atoms with Crippen molar-refractivity contribution in [1.29, 1.82) is 0 Å². The van der Waals surface area contributed by atoms with Crippen molar-refractivity contribution in [3.63, 3.8) is 0 Å². The highest BCUT2D eigenvalue weighted by Crippen LogP contribution is 2.26. The smallest absolute Gasteiger partial charge is 0.120 e. The molecule has 0 aliphatic rings. The van der Waals surface area contributed by atoms with E-state index >= 15 is 0 Å². The normalized spacial score (nSPS) is 11.8. The molecule has 0 amide bonds. The Labute approximate surface area is 239 Å². The molecule has 0 heterocycles. The van der Waals surface area contributed by atoms with E-state index in [-0.39, 0.29) is 22.2 Å². The van der Waals surface area contributed by atoms with E-state index in [1.165, 1.54) is 11.1 Å². The van der Waals surface area contributed by atoms with Crippen LogP contribution in [0.2, 0.25) is 0 Å². The maximum Gasteiger partial charge on any atom is 0.120 e. The van der Waals surface area contributed by atoms with Crippen molar-refractivity contribution < 1.29 is 14.2 Å². The van der Waals surface area contributed by atoms with Crippen LogP contribution in [-0.4, -0.2) is 16.8 Å². The molecule has 0 aliphatic carbocycles. The van der Waals surface area contributed by atoms with Crippen molar-refractivity contribution in [2.45, 2.75) is 119 Å². The second-order valence-corrected chi connectivity index (χ2v) is 13.7. The highest BCUT2D eigenvalue weighted by molar-refractivity contribution is 5.31. The maximum absolute atomic E-state index is 5.77. The molecule has 0 N–H and O–H groups in total. The lowest BCUT2D eigenvalue weighted by molar-refractivity contribution is 0.130. The summed E-state index contributed by atoms with van der Waals surface area (Å²) in [6.45, 7) is 27.3. The second-order valence-electron chi connectivity index (χ2n) is 13.7. The Hall–Kier alpha value is -2.94. The van der Waals surface area contributed by atoms with Crippen LogP contribution in [0.1, 0.15) is 101 Å². The van der Waals surface area contributed by atoms with Gasteiger partial charge in [0.05, 0.1) is 0 Å². The van der Waals surface area contributed by atoms with Crippen molar-refractivity contribution in [2.75, 3.05) is 0 Å². The molecule has 0 fully saturated rings. The predicted molar refractivity (Wildman–Crippen MR) is 169 cm³/mol. The first-order valence-electron chi connectivity index (χ1n) is 14.1. The number of ether oxygens (including phenoxy) is 3. The molecule has 0 saturated carbocycles. The summed E-state index contributed by atoms with van der Waals surface area (Å²) in [7, 11) is 0. The van der Waals surface area contributed by atoms with Gasteiger partial charge < -0.3 is 14.2 Å². The molecule has 0 saturated heterocycles. The van der Waals surface area contributed by atoms with Crippen LogP contribution >= 0.6 is 0 Å². The number of aryl methyl sites for hydroxylation is 1. The van der Waals surface area contributed by atoms with Crippen LogP contribution in [0.4, 0.5) is 0 Å². The second kappa shape index (κ2) is 14.4. The summed E-state index contributed by atoms with van der Waals surface area (Å²) in [5.41, 5.74) is 2.57. The lowest BCUT2D eigenvalue weighted by Gasteiger charge is -2.23. The quantitative estimate of drug-likeness (QED) is 0.333. The summed E-state index contributed by atoms with van der Waals surface area (Å²) in [4.78, 5) is 0. The molecule has 3 heteroatoms. The van der Waals surface area contributed by atoms with E-state index < -0.39 is 0 Å². The van der Waals surface area contributed by atoms with Gasteiger partial charge in [0.1, 0.15) is 34.1 Å². The van der Waals surface area contributed by atoms with E-state index in [1.807, 2.05) is 75.4 Å². The Morgan fingerprint density at radius 2 is 0.769 bits per heavy atom. The molecule has 216 valence electrons. The number of para-hydroxylation sites is 1. The predicted octanol–water partition coefficient (Wildman–Crippen LogP) is 10.5. The third-order valence-electron chi connectivity index (χ3n) is 5.07. The summed E-state index contributed by atoms with van der Waals surface area (Å²) < 4.78 is 17.1. The average molecular weight is 535 g/mol. The molecule has 39 heavy (non-hydrogen) atoms. The number of benzene rings is 3. The molecule has 0 aliphatic heterocycles. The molecule has 0 aromatic heterocycles. The van der Waals surface area contributed by atoms with Gasteiger partial charge in [-0.25, -0.2) is 0 Å². The number of hydrogen-bond acceptors (Lipinski definition) is 3. The molecule has 3 nitrogen and oxygen atoms in total. The molecular formula is C36H54O3. The SMILES string of the molecule is CC(C)(C)Oc1ccc(C(C)(C)C)cc1.CC(C)(C)Oc1ccccc1.CCc1ccc(OC(C)(C)C)cc1. The molecular weight excluding hydrogens is 480 g/mol.